The summed E-state index contributed by atoms with van der Waals surface area (Å²) in [7, 11) is 0. The van der Waals surface area contributed by atoms with E-state index in [0.717, 1.165) is 43.8 Å². The molecule has 350 valence electrons. The molecule has 9 aromatic rings. The first-order valence-corrected chi connectivity index (χ1v) is 25.6. The Kier molecular flexibility index (Phi) is 16.0. The van der Waals surface area contributed by atoms with Crippen molar-refractivity contribution in [2.24, 2.45) is 0 Å². The van der Waals surface area contributed by atoms with E-state index in [0.29, 0.717) is 62.0 Å². The summed E-state index contributed by atoms with van der Waals surface area (Å²) in [6.07, 6.45) is 7.45. The standard InChI is InChI=1S/2C28H16Cl2O2S.C6H6/c2*29-23-9-5-17(6-10-23)27(31)25-15-21-13-19-3-1-2-4-20(19)14-22(21)16-26(33-25)28(32)18-7-11-24(30)12-8-18;1-2-4-6-5-3-1/h2*1-16H;1-6H. The highest BCUT2D eigenvalue weighted by molar-refractivity contribution is 8.09. The van der Waals surface area contributed by atoms with Gasteiger partial charge in [0, 0.05) is 42.3 Å². The first kappa shape index (κ1) is 50.0. The van der Waals surface area contributed by atoms with Gasteiger partial charge in [-0.3, -0.25) is 19.2 Å². The number of allylic oxidation sites excluding steroid dienone is 4. The van der Waals surface area contributed by atoms with E-state index in [1.165, 1.54) is 23.5 Å². The van der Waals surface area contributed by atoms with Crippen LogP contribution < -0.4 is 0 Å². The van der Waals surface area contributed by atoms with E-state index in [1.807, 2.05) is 133 Å². The number of fused-ring (bicyclic) bond motifs is 4. The topological polar surface area (TPSA) is 68.3 Å². The van der Waals surface area contributed by atoms with Gasteiger partial charge in [-0.1, -0.05) is 155 Å². The molecular weight excluding hydrogens is 1010 g/mol. The summed E-state index contributed by atoms with van der Waals surface area (Å²) in [5, 5.41) is 6.50. The highest BCUT2D eigenvalue weighted by Gasteiger charge is 2.25. The van der Waals surface area contributed by atoms with Gasteiger partial charge in [0.2, 0.25) is 0 Å². The molecule has 0 amide bonds. The van der Waals surface area contributed by atoms with Crippen LogP contribution in [-0.2, 0) is 0 Å². The van der Waals surface area contributed by atoms with Gasteiger partial charge in [0.1, 0.15) is 0 Å². The number of ketones is 4. The van der Waals surface area contributed by atoms with Gasteiger partial charge in [0.05, 0.1) is 19.6 Å². The molecule has 2 heterocycles. The SMILES string of the molecule is O=C(C1=Cc2cc3ccccc3cc2C=C(C(=O)c2ccc(Cl)cc2)S1)c1ccc(Cl)cc1.O=C(C1=Cc2cc3ccccc3cc2C=C(C(=O)c2ccc(Cl)cc2)S1)c1ccc(Cl)cc1.c1ccccc1. The first-order valence-electron chi connectivity index (χ1n) is 22.4. The van der Waals surface area contributed by atoms with E-state index in [4.69, 9.17) is 46.4 Å². The fourth-order valence-corrected chi connectivity index (χ4v) is 10.3. The molecule has 0 bridgehead atoms. The van der Waals surface area contributed by atoms with Crippen LogP contribution in [0.3, 0.4) is 0 Å². The minimum Gasteiger partial charge on any atom is -0.288 e. The minimum absolute atomic E-state index is 0.160. The fourth-order valence-electron chi connectivity index (χ4n) is 7.78. The molecule has 72 heavy (non-hydrogen) atoms. The van der Waals surface area contributed by atoms with Crippen molar-refractivity contribution in [2.45, 2.75) is 0 Å². The van der Waals surface area contributed by atoms with E-state index in [-0.39, 0.29) is 23.1 Å². The van der Waals surface area contributed by atoms with Crippen molar-refractivity contribution in [3.63, 3.8) is 0 Å². The highest BCUT2D eigenvalue weighted by atomic mass is 35.5. The zero-order chi connectivity index (χ0) is 50.1. The number of carbonyl (C=O) groups is 4. The van der Waals surface area contributed by atoms with Crippen molar-refractivity contribution < 1.29 is 19.2 Å². The van der Waals surface area contributed by atoms with Crippen LogP contribution in [-0.4, -0.2) is 23.1 Å². The minimum atomic E-state index is -0.160. The Morgan fingerprint density at radius 3 is 0.653 bits per heavy atom. The lowest BCUT2D eigenvalue weighted by atomic mass is 9.98. The molecule has 4 nitrogen and oxygen atoms in total. The Bertz CT molecular complexity index is 3180. The summed E-state index contributed by atoms with van der Waals surface area (Å²) in [5.41, 5.74) is 5.60. The molecule has 0 aromatic heterocycles. The first-order chi connectivity index (χ1) is 34.9. The van der Waals surface area contributed by atoms with Gasteiger partial charge in [0.25, 0.3) is 0 Å². The average Bonchev–Trinajstić information content (AvgIpc) is 3.72. The Hall–Kier alpha value is -7.00. The average molecular weight is 1050 g/mol. The smallest absolute Gasteiger partial charge is 0.199 e. The molecule has 0 N–H and O–H groups in total. The summed E-state index contributed by atoms with van der Waals surface area (Å²) < 4.78 is 0. The Morgan fingerprint density at radius 2 is 0.458 bits per heavy atom. The third-order valence-corrected chi connectivity index (χ3v) is 14.6. The van der Waals surface area contributed by atoms with Crippen LogP contribution in [0.15, 0.2) is 226 Å². The maximum atomic E-state index is 13.4. The molecule has 0 saturated carbocycles. The lowest BCUT2D eigenvalue weighted by molar-refractivity contribution is 0.103. The molecule has 2 aliphatic heterocycles. The van der Waals surface area contributed by atoms with Crippen LogP contribution >= 0.6 is 69.9 Å². The third-order valence-electron chi connectivity index (χ3n) is 11.5. The molecule has 0 unspecified atom stereocenters. The van der Waals surface area contributed by atoms with Crippen LogP contribution in [0.25, 0.3) is 45.8 Å². The van der Waals surface area contributed by atoms with Crippen molar-refractivity contribution in [2.75, 3.05) is 0 Å². The van der Waals surface area contributed by atoms with E-state index < -0.39 is 0 Å². The van der Waals surface area contributed by atoms with Crippen LogP contribution in [0.1, 0.15) is 63.7 Å². The second-order valence-electron chi connectivity index (χ2n) is 16.4. The van der Waals surface area contributed by atoms with Crippen LogP contribution in [0.2, 0.25) is 20.1 Å². The Morgan fingerprint density at radius 1 is 0.264 bits per heavy atom. The number of hydrogen-bond acceptors (Lipinski definition) is 6. The molecule has 0 spiro atoms. The summed E-state index contributed by atoms with van der Waals surface area (Å²) >= 11 is 26.4. The van der Waals surface area contributed by atoms with E-state index in [2.05, 4.69) is 0 Å². The van der Waals surface area contributed by atoms with Crippen molar-refractivity contribution >= 4 is 139 Å². The molecule has 0 radical (unpaired) electrons. The van der Waals surface area contributed by atoms with Gasteiger partial charge >= 0.3 is 0 Å². The highest BCUT2D eigenvalue weighted by Crippen LogP contribution is 2.41. The van der Waals surface area contributed by atoms with Crippen molar-refractivity contribution in [3.05, 3.63) is 290 Å². The zero-order valence-electron chi connectivity index (χ0n) is 37.9. The number of Topliss-reactive ketones (excluding diaryl/α,β-unsaturated/α-hetero) is 4. The van der Waals surface area contributed by atoms with Gasteiger partial charge in [-0.05, 0) is 189 Å². The second-order valence-corrected chi connectivity index (χ2v) is 20.3. The Balaban J connectivity index is 0.000000159. The maximum Gasteiger partial charge on any atom is 0.199 e. The molecule has 9 aromatic carbocycles. The lowest BCUT2D eigenvalue weighted by Gasteiger charge is -2.08. The zero-order valence-corrected chi connectivity index (χ0v) is 42.6. The van der Waals surface area contributed by atoms with Gasteiger partial charge in [0.15, 0.2) is 23.1 Å². The Labute approximate surface area is 445 Å². The molecule has 10 heteroatoms. The summed E-state index contributed by atoms with van der Waals surface area (Å²) in [6, 6.07) is 63.3. The predicted octanol–water partition coefficient (Wildman–Crippen LogP) is 18.4. The fraction of sp³-hybridized carbons (Fsp3) is 0. The number of benzene rings is 9. The van der Waals surface area contributed by atoms with Crippen molar-refractivity contribution in [3.8, 4) is 0 Å². The summed E-state index contributed by atoms with van der Waals surface area (Å²) in [4.78, 5) is 55.5. The predicted molar refractivity (Wildman–Crippen MR) is 305 cm³/mol. The lowest BCUT2D eigenvalue weighted by Crippen LogP contribution is -2.04. The summed E-state index contributed by atoms with van der Waals surface area (Å²) in [6.45, 7) is 0. The quantitative estimate of drug-likeness (QED) is 0.141. The van der Waals surface area contributed by atoms with Crippen molar-refractivity contribution in [1.82, 2.24) is 0 Å². The number of carbonyl (C=O) groups excluding carboxylic acids is 4. The monoisotopic (exact) mass is 1050 g/mol. The molecule has 0 aliphatic carbocycles. The third kappa shape index (κ3) is 12.2. The van der Waals surface area contributed by atoms with Gasteiger partial charge in [-0.15, -0.1) is 0 Å². The van der Waals surface area contributed by atoms with Crippen LogP contribution in [0, 0.1) is 0 Å². The molecule has 0 atom stereocenters. The molecule has 11 rings (SSSR count). The van der Waals surface area contributed by atoms with Gasteiger partial charge < -0.3 is 0 Å². The van der Waals surface area contributed by atoms with Crippen LogP contribution in [0.5, 0.6) is 0 Å². The molecule has 2 aliphatic rings. The second kappa shape index (κ2) is 23.0. The van der Waals surface area contributed by atoms with E-state index in [9.17, 15) is 19.2 Å². The normalized spacial score (nSPS) is 12.6. The molecule has 0 fully saturated rings. The van der Waals surface area contributed by atoms with Gasteiger partial charge in [-0.2, -0.15) is 0 Å². The molecular formula is C62H38Cl4O4S2. The number of rotatable bonds is 8. The van der Waals surface area contributed by atoms with E-state index >= 15 is 0 Å². The largest absolute Gasteiger partial charge is 0.288 e. The number of thioether (sulfide) groups is 2. The number of halogens is 4. The summed E-state index contributed by atoms with van der Waals surface area (Å²) in [5.74, 6) is -0.639. The van der Waals surface area contributed by atoms with Gasteiger partial charge in [-0.25, -0.2) is 0 Å². The number of hydrogen-bond donors (Lipinski definition) is 0. The van der Waals surface area contributed by atoms with E-state index in [1.54, 1.807) is 97.1 Å². The molecule has 0 saturated heterocycles. The van der Waals surface area contributed by atoms with Crippen LogP contribution in [0.4, 0.5) is 0 Å². The maximum absolute atomic E-state index is 13.4. The van der Waals surface area contributed by atoms with Crippen molar-refractivity contribution in [1.29, 1.82) is 0 Å².